The number of carboxylic acid groups (broad SMARTS) is 1. The fourth-order valence-corrected chi connectivity index (χ4v) is 2.81. The van der Waals surface area contributed by atoms with Gasteiger partial charge in [-0.05, 0) is 18.2 Å². The summed E-state index contributed by atoms with van der Waals surface area (Å²) in [6.07, 6.45) is 1.67. The lowest BCUT2D eigenvalue weighted by atomic mass is 10.1. The maximum absolute atomic E-state index is 11.3. The van der Waals surface area contributed by atoms with E-state index in [1.807, 2.05) is 12.1 Å². The first-order valence-corrected chi connectivity index (χ1v) is 8.18. The molecule has 3 heterocycles. The number of carbonyl (C=O) groups is 1. The normalized spacial score (nSPS) is 14.4. The van der Waals surface area contributed by atoms with Crippen molar-refractivity contribution in [1.29, 1.82) is 0 Å². The third-order valence-corrected chi connectivity index (χ3v) is 4.15. The van der Waals surface area contributed by atoms with Crippen LogP contribution in [0.2, 0.25) is 0 Å². The molecule has 0 aliphatic carbocycles. The van der Waals surface area contributed by atoms with Gasteiger partial charge in [0.25, 0.3) is 5.89 Å². The monoisotopic (exact) mass is 352 g/mol. The number of hydrogen-bond acceptors (Lipinski definition) is 7. The lowest BCUT2D eigenvalue weighted by Crippen LogP contribution is -2.36. The molecule has 1 aliphatic heterocycles. The Morgan fingerprint density at radius 2 is 1.92 bits per heavy atom. The summed E-state index contributed by atoms with van der Waals surface area (Å²) < 4.78 is 10.6. The summed E-state index contributed by atoms with van der Waals surface area (Å²) >= 11 is 0. The molecule has 1 saturated heterocycles. The highest BCUT2D eigenvalue weighted by atomic mass is 16.5. The second kappa shape index (κ2) is 6.93. The van der Waals surface area contributed by atoms with Gasteiger partial charge in [0.15, 0.2) is 0 Å². The summed E-state index contributed by atoms with van der Waals surface area (Å²) in [6.45, 7) is 3.00. The van der Waals surface area contributed by atoms with Gasteiger partial charge in [0.05, 0.1) is 24.3 Å². The van der Waals surface area contributed by atoms with Crippen LogP contribution in [0.3, 0.4) is 0 Å². The van der Waals surface area contributed by atoms with Gasteiger partial charge in [-0.2, -0.15) is 4.98 Å². The van der Waals surface area contributed by atoms with E-state index < -0.39 is 5.97 Å². The zero-order valence-electron chi connectivity index (χ0n) is 13.8. The summed E-state index contributed by atoms with van der Waals surface area (Å²) in [4.78, 5) is 22.3. The third kappa shape index (κ3) is 3.14. The van der Waals surface area contributed by atoms with Crippen molar-refractivity contribution in [2.45, 2.75) is 0 Å². The van der Waals surface area contributed by atoms with Gasteiger partial charge >= 0.3 is 5.97 Å². The molecular formula is C18H16N4O4. The van der Waals surface area contributed by atoms with E-state index in [1.165, 1.54) is 6.07 Å². The van der Waals surface area contributed by atoms with Crippen LogP contribution in [0.5, 0.6) is 0 Å². The highest BCUT2D eigenvalue weighted by Gasteiger charge is 2.18. The predicted molar refractivity (Wildman–Crippen MR) is 93.0 cm³/mol. The quantitative estimate of drug-likeness (QED) is 0.763. The van der Waals surface area contributed by atoms with Crippen molar-refractivity contribution in [2.75, 3.05) is 31.2 Å². The molecule has 0 amide bonds. The molecule has 3 aromatic rings. The zero-order chi connectivity index (χ0) is 17.9. The van der Waals surface area contributed by atoms with E-state index in [9.17, 15) is 9.90 Å². The Morgan fingerprint density at radius 3 is 2.65 bits per heavy atom. The summed E-state index contributed by atoms with van der Waals surface area (Å²) in [7, 11) is 0. The Hall–Kier alpha value is -3.26. The standard InChI is InChI=1S/C18H16N4O4/c23-18(24)14-4-2-1-3-13(14)16-20-17(26-21-16)12-5-6-15(19-11-12)22-7-9-25-10-8-22/h1-6,11H,7-10H2,(H,23,24). The minimum absolute atomic E-state index is 0.126. The maximum Gasteiger partial charge on any atom is 0.336 e. The second-order valence-electron chi connectivity index (χ2n) is 5.78. The van der Waals surface area contributed by atoms with Crippen LogP contribution < -0.4 is 4.90 Å². The minimum Gasteiger partial charge on any atom is -0.478 e. The molecule has 1 N–H and O–H groups in total. The number of aromatic carboxylic acids is 1. The number of rotatable bonds is 4. The zero-order valence-corrected chi connectivity index (χ0v) is 13.8. The molecule has 8 heteroatoms. The fraction of sp³-hybridized carbons (Fsp3) is 0.222. The lowest BCUT2D eigenvalue weighted by Gasteiger charge is -2.27. The second-order valence-corrected chi connectivity index (χ2v) is 5.78. The van der Waals surface area contributed by atoms with E-state index in [0.717, 1.165) is 18.9 Å². The van der Waals surface area contributed by atoms with Gasteiger partial charge in [-0.25, -0.2) is 9.78 Å². The van der Waals surface area contributed by atoms with E-state index >= 15 is 0 Å². The van der Waals surface area contributed by atoms with Crippen molar-refractivity contribution >= 4 is 11.8 Å². The first-order valence-electron chi connectivity index (χ1n) is 8.18. The number of pyridine rings is 1. The highest BCUT2D eigenvalue weighted by Crippen LogP contribution is 2.25. The molecule has 132 valence electrons. The van der Waals surface area contributed by atoms with Gasteiger partial charge in [0.2, 0.25) is 5.82 Å². The number of carboxylic acids is 1. The molecule has 0 spiro atoms. The fourth-order valence-electron chi connectivity index (χ4n) is 2.81. The summed E-state index contributed by atoms with van der Waals surface area (Å²) in [6, 6.07) is 10.3. The largest absolute Gasteiger partial charge is 0.478 e. The van der Waals surface area contributed by atoms with Crippen LogP contribution >= 0.6 is 0 Å². The Balaban J connectivity index is 1.59. The number of benzene rings is 1. The number of hydrogen-bond donors (Lipinski definition) is 1. The molecule has 26 heavy (non-hydrogen) atoms. The first-order chi connectivity index (χ1) is 12.7. The number of nitrogens with zero attached hydrogens (tertiary/aromatic N) is 4. The molecule has 8 nitrogen and oxygen atoms in total. The molecule has 4 rings (SSSR count). The Labute approximate surface area is 149 Å². The summed E-state index contributed by atoms with van der Waals surface area (Å²) in [5.41, 5.74) is 1.21. The van der Waals surface area contributed by atoms with Gasteiger partial charge in [-0.3, -0.25) is 0 Å². The van der Waals surface area contributed by atoms with E-state index in [0.29, 0.717) is 30.2 Å². The van der Waals surface area contributed by atoms with E-state index in [1.54, 1.807) is 24.4 Å². The summed E-state index contributed by atoms with van der Waals surface area (Å²) in [5.74, 6) is 0.355. The average molecular weight is 352 g/mol. The van der Waals surface area contributed by atoms with Gasteiger partial charge in [0, 0.05) is 24.8 Å². The Bertz CT molecular complexity index is 917. The smallest absolute Gasteiger partial charge is 0.336 e. The third-order valence-electron chi connectivity index (χ3n) is 4.15. The van der Waals surface area contributed by atoms with Crippen molar-refractivity contribution in [2.24, 2.45) is 0 Å². The van der Waals surface area contributed by atoms with Crippen molar-refractivity contribution in [3.05, 3.63) is 48.2 Å². The molecule has 0 atom stereocenters. The van der Waals surface area contributed by atoms with Crippen molar-refractivity contribution in [1.82, 2.24) is 15.1 Å². The van der Waals surface area contributed by atoms with E-state index in [2.05, 4.69) is 20.0 Å². The average Bonchev–Trinajstić information content (AvgIpc) is 3.19. The van der Waals surface area contributed by atoms with Crippen LogP contribution in [-0.4, -0.2) is 52.5 Å². The van der Waals surface area contributed by atoms with Gasteiger partial charge in [-0.1, -0.05) is 23.4 Å². The van der Waals surface area contributed by atoms with Crippen LogP contribution in [-0.2, 0) is 4.74 Å². The highest BCUT2D eigenvalue weighted by molar-refractivity contribution is 5.94. The first kappa shape index (κ1) is 16.2. The van der Waals surface area contributed by atoms with Gasteiger partial charge < -0.3 is 19.3 Å². The molecule has 0 unspecified atom stereocenters. The topological polar surface area (TPSA) is 102 Å². The SMILES string of the molecule is O=C(O)c1ccccc1-c1noc(-c2ccc(N3CCOCC3)nc2)n1. The number of anilines is 1. The molecular weight excluding hydrogens is 336 g/mol. The molecule has 1 aliphatic rings. The van der Waals surface area contributed by atoms with Crippen molar-refractivity contribution < 1.29 is 19.2 Å². The molecule has 0 radical (unpaired) electrons. The van der Waals surface area contributed by atoms with Crippen molar-refractivity contribution in [3.8, 4) is 22.8 Å². The molecule has 2 aromatic heterocycles. The van der Waals surface area contributed by atoms with Crippen LogP contribution in [0.4, 0.5) is 5.82 Å². The number of aromatic nitrogens is 3. The van der Waals surface area contributed by atoms with Crippen molar-refractivity contribution in [3.63, 3.8) is 0 Å². The minimum atomic E-state index is -1.04. The Morgan fingerprint density at radius 1 is 1.12 bits per heavy atom. The van der Waals surface area contributed by atoms with Gasteiger partial charge in [-0.15, -0.1) is 0 Å². The molecule has 1 fully saturated rings. The Kier molecular flexibility index (Phi) is 4.32. The number of ether oxygens (including phenoxy) is 1. The van der Waals surface area contributed by atoms with E-state index in [4.69, 9.17) is 9.26 Å². The maximum atomic E-state index is 11.3. The van der Waals surface area contributed by atoms with Crippen LogP contribution in [0.1, 0.15) is 10.4 Å². The molecule has 0 bridgehead atoms. The predicted octanol–water partition coefficient (Wildman–Crippen LogP) is 2.33. The van der Waals surface area contributed by atoms with E-state index in [-0.39, 0.29) is 11.4 Å². The van der Waals surface area contributed by atoms with Crippen LogP contribution in [0.15, 0.2) is 47.1 Å². The van der Waals surface area contributed by atoms with Crippen LogP contribution in [0.25, 0.3) is 22.8 Å². The number of morpholine rings is 1. The molecule has 0 saturated carbocycles. The molecule has 1 aromatic carbocycles. The van der Waals surface area contributed by atoms with Crippen LogP contribution in [0, 0.1) is 0 Å². The lowest BCUT2D eigenvalue weighted by molar-refractivity contribution is 0.0697. The van der Waals surface area contributed by atoms with Gasteiger partial charge in [0.1, 0.15) is 5.82 Å². The summed E-state index contributed by atoms with van der Waals surface area (Å²) in [5, 5.41) is 13.2.